The molecule has 0 aliphatic heterocycles. The number of carbonyl (C=O) groups is 1. The Morgan fingerprint density at radius 1 is 1.24 bits per heavy atom. The van der Waals surface area contributed by atoms with Crippen molar-refractivity contribution < 1.29 is 22.7 Å². The molecule has 3 nitrogen and oxygen atoms in total. The quantitative estimate of drug-likeness (QED) is 0.773. The monoisotopic (exact) mass is 303 g/mol. The van der Waals surface area contributed by atoms with Gasteiger partial charge in [-0.25, -0.2) is 0 Å². The number of rotatable bonds is 6. The zero-order valence-corrected chi connectivity index (χ0v) is 12.4. The molecule has 1 amide bonds. The molecule has 0 saturated heterocycles. The smallest absolute Gasteiger partial charge is 0.406 e. The third kappa shape index (κ3) is 4.95. The highest BCUT2D eigenvalue weighted by molar-refractivity contribution is 5.93. The van der Waals surface area contributed by atoms with Gasteiger partial charge in [0.25, 0.3) is 0 Å². The van der Waals surface area contributed by atoms with Crippen molar-refractivity contribution in [2.24, 2.45) is 0 Å². The highest BCUT2D eigenvalue weighted by Gasteiger charge is 2.31. The number of anilines is 1. The molecule has 0 aliphatic rings. The van der Waals surface area contributed by atoms with Crippen molar-refractivity contribution in [2.45, 2.75) is 52.4 Å². The molecule has 0 spiro atoms. The van der Waals surface area contributed by atoms with Gasteiger partial charge in [0.05, 0.1) is 0 Å². The molecule has 6 heteroatoms. The zero-order valence-electron chi connectivity index (χ0n) is 12.4. The highest BCUT2D eigenvalue weighted by atomic mass is 19.4. The summed E-state index contributed by atoms with van der Waals surface area (Å²) in [5.41, 5.74) is 0.428. The number of hydrogen-bond acceptors (Lipinski definition) is 2. The Balaban J connectivity index is 3.13. The Kier molecular flexibility index (Phi) is 6.05. The van der Waals surface area contributed by atoms with E-state index in [1.807, 2.05) is 13.8 Å². The predicted molar refractivity (Wildman–Crippen MR) is 75.3 cm³/mol. The van der Waals surface area contributed by atoms with Crippen LogP contribution in [0.4, 0.5) is 18.9 Å². The highest BCUT2D eigenvalue weighted by Crippen LogP contribution is 2.29. The molecule has 0 saturated carbocycles. The number of nitrogens with zero attached hydrogens (tertiary/aromatic N) is 1. The van der Waals surface area contributed by atoms with E-state index in [-0.39, 0.29) is 17.7 Å². The first-order valence-electron chi connectivity index (χ1n) is 7.00. The van der Waals surface area contributed by atoms with E-state index in [0.717, 1.165) is 12.8 Å². The van der Waals surface area contributed by atoms with E-state index in [1.54, 1.807) is 17.9 Å². The molecule has 0 radical (unpaired) electrons. The summed E-state index contributed by atoms with van der Waals surface area (Å²) in [5, 5.41) is 0. The average Bonchev–Trinajstić information content (AvgIpc) is 2.42. The lowest BCUT2D eigenvalue weighted by Gasteiger charge is -2.30. The summed E-state index contributed by atoms with van der Waals surface area (Å²) in [4.78, 5) is 13.7. The minimum atomic E-state index is -4.74. The fourth-order valence-corrected chi connectivity index (χ4v) is 2.21. The minimum Gasteiger partial charge on any atom is -0.406 e. The summed E-state index contributed by atoms with van der Waals surface area (Å²) in [7, 11) is 0. The molecular formula is C15H20F3NO2. The van der Waals surface area contributed by atoms with Crippen molar-refractivity contribution >= 4 is 11.6 Å². The van der Waals surface area contributed by atoms with Gasteiger partial charge in [0.15, 0.2) is 0 Å². The summed E-state index contributed by atoms with van der Waals surface area (Å²) >= 11 is 0. The van der Waals surface area contributed by atoms with Gasteiger partial charge in [-0.1, -0.05) is 26.8 Å². The summed E-state index contributed by atoms with van der Waals surface area (Å²) < 4.78 is 40.8. The fourth-order valence-electron chi connectivity index (χ4n) is 2.21. The van der Waals surface area contributed by atoms with Gasteiger partial charge >= 0.3 is 6.36 Å². The van der Waals surface area contributed by atoms with E-state index in [9.17, 15) is 18.0 Å². The second kappa shape index (κ2) is 7.33. The molecule has 0 aliphatic carbocycles. The van der Waals surface area contributed by atoms with E-state index in [1.165, 1.54) is 18.2 Å². The summed E-state index contributed by atoms with van der Waals surface area (Å²) in [5.74, 6) is -0.437. The summed E-state index contributed by atoms with van der Waals surface area (Å²) in [6, 6.07) is 5.50. The van der Waals surface area contributed by atoms with Crippen LogP contribution < -0.4 is 9.64 Å². The summed E-state index contributed by atoms with van der Waals surface area (Å²) in [6.07, 6.45) is -2.99. The Morgan fingerprint density at radius 2 is 1.86 bits per heavy atom. The normalized spacial score (nSPS) is 11.6. The van der Waals surface area contributed by atoms with Crippen LogP contribution in [0.5, 0.6) is 5.75 Å². The zero-order chi connectivity index (χ0) is 16.0. The Bertz CT molecular complexity index is 470. The minimum absolute atomic E-state index is 0.0430. The van der Waals surface area contributed by atoms with Crippen LogP contribution in [-0.2, 0) is 4.79 Å². The average molecular weight is 303 g/mol. The van der Waals surface area contributed by atoms with Gasteiger partial charge in [0.1, 0.15) is 5.75 Å². The standard InChI is InChI=1S/C15H20F3NO2/c1-4-11(5-2)19(14(20)6-3)12-8-7-9-13(10-12)21-15(16,17)18/h7-11H,4-6H2,1-3H3. The molecular weight excluding hydrogens is 283 g/mol. The van der Waals surface area contributed by atoms with E-state index in [0.29, 0.717) is 12.1 Å². The van der Waals surface area contributed by atoms with Crippen molar-refractivity contribution in [3.8, 4) is 5.75 Å². The molecule has 0 fully saturated rings. The largest absolute Gasteiger partial charge is 0.573 e. The number of alkyl halides is 3. The lowest BCUT2D eigenvalue weighted by molar-refractivity contribution is -0.274. The van der Waals surface area contributed by atoms with Crippen molar-refractivity contribution in [1.82, 2.24) is 0 Å². The van der Waals surface area contributed by atoms with Crippen LogP contribution in [0.25, 0.3) is 0 Å². The molecule has 0 N–H and O–H groups in total. The number of hydrogen-bond donors (Lipinski definition) is 0. The van der Waals surface area contributed by atoms with Gasteiger partial charge < -0.3 is 9.64 Å². The lowest BCUT2D eigenvalue weighted by Crippen LogP contribution is -2.39. The van der Waals surface area contributed by atoms with E-state index < -0.39 is 6.36 Å². The maximum absolute atomic E-state index is 12.3. The first-order valence-corrected chi connectivity index (χ1v) is 7.00. The van der Waals surface area contributed by atoms with Gasteiger partial charge in [0, 0.05) is 24.2 Å². The molecule has 0 aromatic heterocycles. The third-order valence-electron chi connectivity index (χ3n) is 3.21. The lowest BCUT2D eigenvalue weighted by atomic mass is 10.1. The molecule has 0 atom stereocenters. The SMILES string of the molecule is CCC(=O)N(c1cccc(OC(F)(F)F)c1)C(CC)CC. The number of amides is 1. The maximum Gasteiger partial charge on any atom is 0.573 e. The van der Waals surface area contributed by atoms with Crippen molar-refractivity contribution in [3.63, 3.8) is 0 Å². The van der Waals surface area contributed by atoms with Crippen LogP contribution in [0, 0.1) is 0 Å². The van der Waals surface area contributed by atoms with Crippen LogP contribution in [0.3, 0.4) is 0 Å². The van der Waals surface area contributed by atoms with Crippen molar-refractivity contribution in [2.75, 3.05) is 4.90 Å². The summed E-state index contributed by atoms with van der Waals surface area (Å²) in [6.45, 7) is 5.62. The van der Waals surface area contributed by atoms with Crippen LogP contribution >= 0.6 is 0 Å². The van der Waals surface area contributed by atoms with E-state index >= 15 is 0 Å². The van der Waals surface area contributed by atoms with Gasteiger partial charge in [0.2, 0.25) is 5.91 Å². The topological polar surface area (TPSA) is 29.5 Å². The molecule has 1 aromatic rings. The number of ether oxygens (including phenoxy) is 1. The second-order valence-corrected chi connectivity index (χ2v) is 4.63. The Hall–Kier alpha value is -1.72. The fraction of sp³-hybridized carbons (Fsp3) is 0.533. The number of carbonyl (C=O) groups excluding carboxylic acids is 1. The van der Waals surface area contributed by atoms with Crippen LogP contribution in [0.15, 0.2) is 24.3 Å². The van der Waals surface area contributed by atoms with Gasteiger partial charge in [-0.15, -0.1) is 13.2 Å². The Morgan fingerprint density at radius 3 is 2.33 bits per heavy atom. The molecule has 118 valence electrons. The van der Waals surface area contributed by atoms with E-state index in [4.69, 9.17) is 0 Å². The van der Waals surface area contributed by atoms with Crippen LogP contribution in [-0.4, -0.2) is 18.3 Å². The predicted octanol–water partition coefficient (Wildman–Crippen LogP) is 4.52. The molecule has 0 bridgehead atoms. The first kappa shape index (κ1) is 17.3. The molecule has 0 unspecified atom stereocenters. The van der Waals surface area contributed by atoms with Gasteiger partial charge in [-0.2, -0.15) is 0 Å². The van der Waals surface area contributed by atoms with Gasteiger partial charge in [-0.05, 0) is 25.0 Å². The van der Waals surface area contributed by atoms with Crippen molar-refractivity contribution in [3.05, 3.63) is 24.3 Å². The van der Waals surface area contributed by atoms with Crippen LogP contribution in [0.1, 0.15) is 40.0 Å². The number of benzene rings is 1. The molecule has 21 heavy (non-hydrogen) atoms. The molecule has 0 heterocycles. The van der Waals surface area contributed by atoms with E-state index in [2.05, 4.69) is 4.74 Å². The Labute approximate surface area is 122 Å². The first-order chi connectivity index (χ1) is 9.82. The van der Waals surface area contributed by atoms with Gasteiger partial charge in [-0.3, -0.25) is 4.79 Å². The van der Waals surface area contributed by atoms with Crippen molar-refractivity contribution in [1.29, 1.82) is 0 Å². The third-order valence-corrected chi connectivity index (χ3v) is 3.21. The number of halogens is 3. The maximum atomic E-state index is 12.3. The molecule has 1 rings (SSSR count). The van der Waals surface area contributed by atoms with Crippen LogP contribution in [0.2, 0.25) is 0 Å². The molecule has 1 aromatic carbocycles. The second-order valence-electron chi connectivity index (χ2n) is 4.63.